The van der Waals surface area contributed by atoms with Crippen LogP contribution in [0.2, 0.25) is 0 Å². The van der Waals surface area contributed by atoms with Gasteiger partial charge in [0.1, 0.15) is 11.6 Å². The van der Waals surface area contributed by atoms with E-state index < -0.39 is 27.0 Å². The number of anilines is 1. The van der Waals surface area contributed by atoms with Gasteiger partial charge in [-0.05, 0) is 13.0 Å². The number of nitriles is 1. The first-order valence-electron chi connectivity index (χ1n) is 7.62. The van der Waals surface area contributed by atoms with Gasteiger partial charge in [0, 0.05) is 24.4 Å². The van der Waals surface area contributed by atoms with Gasteiger partial charge in [-0.2, -0.15) is 10.4 Å². The van der Waals surface area contributed by atoms with E-state index in [0.717, 1.165) is 12.3 Å². The average Bonchev–Trinajstić information content (AvgIpc) is 2.62. The molecular formula is C16H14N6O6. The third-order valence-electron chi connectivity index (χ3n) is 3.53. The maximum atomic E-state index is 11.0. The summed E-state index contributed by atoms with van der Waals surface area (Å²) in [5.41, 5.74) is 2.17. The second kappa shape index (κ2) is 8.52. The number of rotatable bonds is 7. The van der Waals surface area contributed by atoms with Gasteiger partial charge in [-0.25, -0.2) is 4.98 Å². The van der Waals surface area contributed by atoms with Gasteiger partial charge in [0.25, 0.3) is 5.69 Å². The summed E-state index contributed by atoms with van der Waals surface area (Å²) >= 11 is 0. The number of nitro benzene ring substituents is 2. The molecule has 1 aromatic heterocycles. The maximum absolute atomic E-state index is 11.0. The van der Waals surface area contributed by atoms with Gasteiger partial charge in [-0.3, -0.25) is 25.7 Å². The van der Waals surface area contributed by atoms with Crippen molar-refractivity contribution in [2.24, 2.45) is 5.10 Å². The zero-order valence-electron chi connectivity index (χ0n) is 14.7. The van der Waals surface area contributed by atoms with Crippen molar-refractivity contribution in [1.82, 2.24) is 4.98 Å². The Morgan fingerprint density at radius 1 is 1.36 bits per heavy atom. The summed E-state index contributed by atoms with van der Waals surface area (Å²) in [7, 11) is 1.47. The summed E-state index contributed by atoms with van der Waals surface area (Å²) < 4.78 is 5.04. The van der Waals surface area contributed by atoms with E-state index in [2.05, 4.69) is 15.5 Å². The SMILES string of the molecule is COCc1cc(C)nc(NN=Cc2cc([N+](=O)[O-])cc([N+](=O)[O-])c2O)c1C#N. The number of phenols is 1. The number of hydrazone groups is 1. The highest BCUT2D eigenvalue weighted by atomic mass is 16.6. The largest absolute Gasteiger partial charge is 0.502 e. The Bertz CT molecular complexity index is 1010. The summed E-state index contributed by atoms with van der Waals surface area (Å²) in [6.45, 7) is 1.87. The number of pyridine rings is 1. The van der Waals surface area contributed by atoms with E-state index in [1.165, 1.54) is 7.11 Å². The number of phenolic OH excluding ortho intramolecular Hbond substituents is 1. The van der Waals surface area contributed by atoms with Crippen LogP contribution >= 0.6 is 0 Å². The van der Waals surface area contributed by atoms with Crippen molar-refractivity contribution in [3.05, 3.63) is 60.8 Å². The number of aromatic hydroxyl groups is 1. The van der Waals surface area contributed by atoms with E-state index >= 15 is 0 Å². The molecule has 2 rings (SSSR count). The molecule has 0 aliphatic carbocycles. The number of aromatic nitrogens is 1. The number of hydrogen-bond donors (Lipinski definition) is 2. The number of non-ortho nitro benzene ring substituents is 1. The van der Waals surface area contributed by atoms with Crippen molar-refractivity contribution >= 4 is 23.4 Å². The van der Waals surface area contributed by atoms with Gasteiger partial charge in [0.05, 0.1) is 34.3 Å². The molecule has 28 heavy (non-hydrogen) atoms. The third kappa shape index (κ3) is 4.34. The minimum atomic E-state index is -0.944. The topological polar surface area (TPSA) is 177 Å². The summed E-state index contributed by atoms with van der Waals surface area (Å²) in [6, 6.07) is 5.23. The van der Waals surface area contributed by atoms with Crippen molar-refractivity contribution in [1.29, 1.82) is 5.26 Å². The Morgan fingerprint density at radius 3 is 2.64 bits per heavy atom. The van der Waals surface area contributed by atoms with Crippen molar-refractivity contribution < 1.29 is 19.7 Å². The molecule has 0 spiro atoms. The molecule has 0 fully saturated rings. The lowest BCUT2D eigenvalue weighted by molar-refractivity contribution is -0.394. The minimum absolute atomic E-state index is 0.102. The molecule has 1 aromatic carbocycles. The van der Waals surface area contributed by atoms with Crippen LogP contribution in [0.1, 0.15) is 22.4 Å². The molecule has 2 N–H and O–H groups in total. The molecule has 12 heteroatoms. The van der Waals surface area contributed by atoms with Crippen molar-refractivity contribution in [2.75, 3.05) is 12.5 Å². The molecule has 12 nitrogen and oxygen atoms in total. The van der Waals surface area contributed by atoms with Gasteiger partial charge < -0.3 is 9.84 Å². The Balaban J connectivity index is 2.42. The number of hydrogen-bond acceptors (Lipinski definition) is 10. The second-order valence-electron chi connectivity index (χ2n) is 5.48. The fourth-order valence-corrected chi connectivity index (χ4v) is 2.35. The zero-order valence-corrected chi connectivity index (χ0v) is 14.7. The van der Waals surface area contributed by atoms with Crippen molar-refractivity contribution in [3.63, 3.8) is 0 Å². The first-order valence-corrected chi connectivity index (χ1v) is 7.62. The predicted octanol–water partition coefficient (Wildman–Crippen LogP) is 2.38. The van der Waals surface area contributed by atoms with E-state index in [1.807, 2.05) is 6.07 Å². The van der Waals surface area contributed by atoms with Crippen LogP contribution in [0.15, 0.2) is 23.3 Å². The van der Waals surface area contributed by atoms with E-state index in [4.69, 9.17) is 4.74 Å². The van der Waals surface area contributed by atoms with Gasteiger partial charge in [0.2, 0.25) is 5.75 Å². The van der Waals surface area contributed by atoms with E-state index in [1.54, 1.807) is 13.0 Å². The van der Waals surface area contributed by atoms with Crippen LogP contribution in [0.25, 0.3) is 0 Å². The molecule has 0 atom stereocenters. The number of aryl methyl sites for hydroxylation is 1. The highest BCUT2D eigenvalue weighted by molar-refractivity contribution is 5.87. The number of ether oxygens (including phenoxy) is 1. The smallest absolute Gasteiger partial charge is 0.318 e. The highest BCUT2D eigenvalue weighted by Crippen LogP contribution is 2.33. The fraction of sp³-hybridized carbons (Fsp3) is 0.188. The Hall–Kier alpha value is -4.11. The van der Waals surface area contributed by atoms with E-state index in [-0.39, 0.29) is 23.6 Å². The molecule has 0 aliphatic rings. The number of nitrogens with one attached hydrogen (secondary N) is 1. The van der Waals surface area contributed by atoms with Gasteiger partial charge in [0.15, 0.2) is 5.82 Å². The molecule has 144 valence electrons. The van der Waals surface area contributed by atoms with Crippen LogP contribution in [0, 0.1) is 38.5 Å². The lowest BCUT2D eigenvalue weighted by Gasteiger charge is -2.09. The van der Waals surface area contributed by atoms with Crippen LogP contribution in [0.4, 0.5) is 17.2 Å². The summed E-state index contributed by atoms with van der Waals surface area (Å²) in [5.74, 6) is -0.677. The van der Waals surface area contributed by atoms with Crippen LogP contribution < -0.4 is 5.43 Å². The molecule has 0 saturated carbocycles. The normalized spacial score (nSPS) is 10.6. The van der Waals surface area contributed by atoms with E-state index in [0.29, 0.717) is 17.3 Å². The Morgan fingerprint density at radius 2 is 2.07 bits per heavy atom. The van der Waals surface area contributed by atoms with Gasteiger partial charge in [-0.1, -0.05) is 0 Å². The fourth-order valence-electron chi connectivity index (χ4n) is 2.35. The highest BCUT2D eigenvalue weighted by Gasteiger charge is 2.23. The lowest BCUT2D eigenvalue weighted by atomic mass is 10.1. The Kier molecular flexibility index (Phi) is 6.14. The third-order valence-corrected chi connectivity index (χ3v) is 3.53. The molecule has 2 aromatic rings. The molecule has 1 heterocycles. The van der Waals surface area contributed by atoms with Gasteiger partial charge >= 0.3 is 5.69 Å². The van der Waals surface area contributed by atoms with Gasteiger partial charge in [-0.15, -0.1) is 0 Å². The summed E-state index contributed by atoms with van der Waals surface area (Å²) in [4.78, 5) is 24.3. The maximum Gasteiger partial charge on any atom is 0.318 e. The first-order chi connectivity index (χ1) is 13.3. The molecule has 0 bridgehead atoms. The number of benzene rings is 1. The molecule has 0 amide bonds. The monoisotopic (exact) mass is 386 g/mol. The predicted molar refractivity (Wildman–Crippen MR) is 97.0 cm³/mol. The van der Waals surface area contributed by atoms with Crippen molar-refractivity contribution in [3.8, 4) is 11.8 Å². The molecular weight excluding hydrogens is 372 g/mol. The average molecular weight is 386 g/mol. The molecule has 0 unspecified atom stereocenters. The van der Waals surface area contributed by atoms with Crippen molar-refractivity contribution in [2.45, 2.75) is 13.5 Å². The second-order valence-corrected chi connectivity index (χ2v) is 5.48. The number of nitro groups is 2. The van der Waals surface area contributed by atoms with Crippen LogP contribution in [-0.4, -0.2) is 33.3 Å². The number of methoxy groups -OCH3 is 1. The minimum Gasteiger partial charge on any atom is -0.502 e. The summed E-state index contributed by atoms with van der Waals surface area (Å²) in [6.07, 6.45) is 0.955. The van der Waals surface area contributed by atoms with Crippen LogP contribution in [0.5, 0.6) is 5.75 Å². The first kappa shape index (κ1) is 20.2. The molecule has 0 radical (unpaired) electrons. The van der Waals surface area contributed by atoms with Crippen LogP contribution in [0.3, 0.4) is 0 Å². The summed E-state index contributed by atoms with van der Waals surface area (Å²) in [5, 5.41) is 45.0. The Labute approximate surface area is 158 Å². The number of nitrogens with zero attached hydrogens (tertiary/aromatic N) is 5. The van der Waals surface area contributed by atoms with E-state index in [9.17, 15) is 30.6 Å². The zero-order chi connectivity index (χ0) is 20.8. The molecule has 0 saturated heterocycles. The lowest BCUT2D eigenvalue weighted by Crippen LogP contribution is -2.04. The molecule has 0 aliphatic heterocycles. The quantitative estimate of drug-likeness (QED) is 0.410. The van der Waals surface area contributed by atoms with Crippen LogP contribution in [-0.2, 0) is 11.3 Å². The standard InChI is InChI=1S/C16H14N6O6/c1-9-3-11(8-28-2)13(6-17)16(19-9)20-18-7-10-4-12(21(24)25)5-14(15(10)23)22(26)27/h3-5,7,23H,8H2,1-2H3,(H,19,20).